The molecule has 0 saturated carbocycles. The minimum atomic E-state index is -0.664. The number of hydrogen-bond donors (Lipinski definition) is 1. The lowest BCUT2D eigenvalue weighted by atomic mass is 10.1. The summed E-state index contributed by atoms with van der Waals surface area (Å²) in [6.45, 7) is 4.63. The molecule has 7 nitrogen and oxygen atoms in total. The number of nitrogens with one attached hydrogen (secondary N) is 1. The molecule has 1 atom stereocenters. The molecule has 186 valence electrons. The van der Waals surface area contributed by atoms with E-state index in [0.29, 0.717) is 34.1 Å². The molecule has 0 unspecified atom stereocenters. The molecule has 0 aromatic heterocycles. The van der Waals surface area contributed by atoms with Gasteiger partial charge >= 0.3 is 0 Å². The first-order valence-electron chi connectivity index (χ1n) is 11.7. The van der Waals surface area contributed by atoms with Crippen molar-refractivity contribution in [1.29, 1.82) is 0 Å². The van der Waals surface area contributed by atoms with Crippen LogP contribution in [0.15, 0.2) is 42.5 Å². The maximum absolute atomic E-state index is 13.3. The number of carbonyl (C=O) groups excluding carboxylic acids is 4. The molecular weight excluding hydrogens is 489 g/mol. The normalized spacial score (nSPS) is 13.5. The number of carbonyl (C=O) groups is 4. The Balaban J connectivity index is 1.72. The van der Waals surface area contributed by atoms with Crippen LogP contribution >= 0.6 is 23.2 Å². The molecule has 0 saturated heterocycles. The Bertz CT molecular complexity index is 1090. The van der Waals surface area contributed by atoms with Crippen molar-refractivity contribution in [2.75, 3.05) is 13.1 Å². The topological polar surface area (TPSA) is 86.8 Å². The minimum absolute atomic E-state index is 0.0757. The molecule has 3 rings (SSSR count). The Morgan fingerprint density at radius 3 is 2.23 bits per heavy atom. The van der Waals surface area contributed by atoms with Crippen LogP contribution in [-0.2, 0) is 16.1 Å². The molecule has 1 heterocycles. The van der Waals surface area contributed by atoms with E-state index < -0.39 is 6.04 Å². The van der Waals surface area contributed by atoms with Crippen molar-refractivity contribution in [2.45, 2.75) is 52.1 Å². The second-order valence-corrected chi connectivity index (χ2v) is 9.21. The van der Waals surface area contributed by atoms with Crippen molar-refractivity contribution in [2.24, 2.45) is 0 Å². The fraction of sp³-hybridized carbons (Fsp3) is 0.385. The number of hydrogen-bond acceptors (Lipinski definition) is 4. The molecule has 2 aromatic rings. The standard InChI is InChI=1S/C26H29Cl2N3O4/c1-3-13-29-24(33)22(4-2)31(16-17-11-12-20(27)21(28)15-17)23(32)10-7-14-30-25(34)18-8-5-6-9-19(18)26(30)35/h5-6,8-9,11-12,15,22H,3-4,7,10,13-14,16H2,1-2H3,(H,29,33)/t22-/m1/s1. The summed E-state index contributed by atoms with van der Waals surface area (Å²) in [5, 5.41) is 3.64. The second kappa shape index (κ2) is 12.2. The van der Waals surface area contributed by atoms with E-state index in [9.17, 15) is 19.2 Å². The average molecular weight is 518 g/mol. The molecular formula is C26H29Cl2N3O4. The van der Waals surface area contributed by atoms with E-state index in [2.05, 4.69) is 5.32 Å². The van der Waals surface area contributed by atoms with Crippen LogP contribution in [-0.4, -0.2) is 52.6 Å². The number of nitrogens with zero attached hydrogens (tertiary/aromatic N) is 2. The molecule has 35 heavy (non-hydrogen) atoms. The highest BCUT2D eigenvalue weighted by Crippen LogP contribution is 2.25. The summed E-state index contributed by atoms with van der Waals surface area (Å²) in [7, 11) is 0. The summed E-state index contributed by atoms with van der Waals surface area (Å²) in [6, 6.07) is 11.1. The third kappa shape index (κ3) is 6.21. The molecule has 4 amide bonds. The third-order valence-corrected chi connectivity index (χ3v) is 6.66. The summed E-state index contributed by atoms with van der Waals surface area (Å²) in [4.78, 5) is 54.1. The Morgan fingerprint density at radius 1 is 1.00 bits per heavy atom. The average Bonchev–Trinajstić information content (AvgIpc) is 3.09. The number of amides is 4. The molecule has 0 aliphatic carbocycles. The third-order valence-electron chi connectivity index (χ3n) is 5.92. The van der Waals surface area contributed by atoms with E-state index >= 15 is 0 Å². The van der Waals surface area contributed by atoms with Gasteiger partial charge in [-0.15, -0.1) is 0 Å². The predicted octanol–water partition coefficient (Wildman–Crippen LogP) is 4.70. The van der Waals surface area contributed by atoms with Gasteiger partial charge in [-0.05, 0) is 49.1 Å². The highest BCUT2D eigenvalue weighted by molar-refractivity contribution is 6.42. The van der Waals surface area contributed by atoms with Gasteiger partial charge in [0.1, 0.15) is 6.04 Å². The summed E-state index contributed by atoms with van der Waals surface area (Å²) >= 11 is 12.2. The highest BCUT2D eigenvalue weighted by atomic mass is 35.5. The van der Waals surface area contributed by atoms with Crippen LogP contribution in [0.3, 0.4) is 0 Å². The first-order chi connectivity index (χ1) is 16.8. The van der Waals surface area contributed by atoms with Crippen LogP contribution in [0.25, 0.3) is 0 Å². The smallest absolute Gasteiger partial charge is 0.261 e. The summed E-state index contributed by atoms with van der Waals surface area (Å²) in [6.07, 6.45) is 1.58. The number of fused-ring (bicyclic) bond motifs is 1. The van der Waals surface area contributed by atoms with Gasteiger partial charge in [-0.25, -0.2) is 0 Å². The lowest BCUT2D eigenvalue weighted by Crippen LogP contribution is -2.49. The monoisotopic (exact) mass is 517 g/mol. The maximum atomic E-state index is 13.3. The fourth-order valence-corrected chi connectivity index (χ4v) is 4.42. The van der Waals surface area contributed by atoms with Gasteiger partial charge in [-0.3, -0.25) is 24.1 Å². The number of benzene rings is 2. The first-order valence-corrected chi connectivity index (χ1v) is 12.5. The molecule has 0 fully saturated rings. The van der Waals surface area contributed by atoms with Crippen LogP contribution in [0.1, 0.15) is 65.8 Å². The van der Waals surface area contributed by atoms with Crippen LogP contribution in [0, 0.1) is 0 Å². The van der Waals surface area contributed by atoms with Gasteiger partial charge in [0, 0.05) is 26.1 Å². The van der Waals surface area contributed by atoms with Crippen molar-refractivity contribution in [3.05, 3.63) is 69.2 Å². The van der Waals surface area contributed by atoms with Gasteiger partial charge < -0.3 is 10.2 Å². The zero-order chi connectivity index (χ0) is 25.5. The zero-order valence-corrected chi connectivity index (χ0v) is 21.4. The first kappa shape index (κ1) is 26.7. The van der Waals surface area contributed by atoms with Crippen molar-refractivity contribution < 1.29 is 19.2 Å². The van der Waals surface area contributed by atoms with E-state index in [0.717, 1.165) is 12.0 Å². The quantitative estimate of drug-likeness (QED) is 0.437. The second-order valence-electron chi connectivity index (χ2n) is 8.40. The molecule has 0 radical (unpaired) electrons. The van der Waals surface area contributed by atoms with Crippen LogP contribution < -0.4 is 5.32 Å². The molecule has 0 spiro atoms. The largest absolute Gasteiger partial charge is 0.354 e. The Hall–Kier alpha value is -2.90. The Morgan fingerprint density at radius 2 is 1.66 bits per heavy atom. The van der Waals surface area contributed by atoms with E-state index in [1.807, 2.05) is 13.8 Å². The molecule has 9 heteroatoms. The highest BCUT2D eigenvalue weighted by Gasteiger charge is 2.35. The van der Waals surface area contributed by atoms with Crippen LogP contribution in [0.2, 0.25) is 10.0 Å². The van der Waals surface area contributed by atoms with E-state index in [1.165, 1.54) is 9.80 Å². The van der Waals surface area contributed by atoms with Crippen molar-refractivity contribution in [3.8, 4) is 0 Å². The Labute approximate surface area is 215 Å². The molecule has 1 aliphatic heterocycles. The number of halogens is 2. The number of rotatable bonds is 11. The van der Waals surface area contributed by atoms with E-state index in [4.69, 9.17) is 23.2 Å². The zero-order valence-electron chi connectivity index (χ0n) is 19.9. The van der Waals surface area contributed by atoms with E-state index in [-0.39, 0.29) is 49.6 Å². The van der Waals surface area contributed by atoms with Crippen molar-refractivity contribution in [3.63, 3.8) is 0 Å². The summed E-state index contributed by atoms with van der Waals surface area (Å²) in [5.74, 6) is -1.17. The van der Waals surface area contributed by atoms with Gasteiger partial charge in [0.2, 0.25) is 11.8 Å². The van der Waals surface area contributed by atoms with Gasteiger partial charge in [0.15, 0.2) is 0 Å². The van der Waals surface area contributed by atoms with Crippen LogP contribution in [0.4, 0.5) is 0 Å². The summed E-state index contributed by atoms with van der Waals surface area (Å²) in [5.41, 5.74) is 1.50. The molecule has 2 aromatic carbocycles. The van der Waals surface area contributed by atoms with Gasteiger partial charge in [-0.2, -0.15) is 0 Å². The maximum Gasteiger partial charge on any atom is 0.261 e. The van der Waals surface area contributed by atoms with Gasteiger partial charge in [0.25, 0.3) is 11.8 Å². The van der Waals surface area contributed by atoms with Crippen LogP contribution in [0.5, 0.6) is 0 Å². The summed E-state index contributed by atoms with van der Waals surface area (Å²) < 4.78 is 0. The fourth-order valence-electron chi connectivity index (χ4n) is 4.09. The Kier molecular flexibility index (Phi) is 9.29. The molecule has 1 aliphatic rings. The van der Waals surface area contributed by atoms with E-state index in [1.54, 1.807) is 42.5 Å². The number of imide groups is 1. The van der Waals surface area contributed by atoms with Gasteiger partial charge in [0.05, 0.1) is 21.2 Å². The van der Waals surface area contributed by atoms with Crippen molar-refractivity contribution in [1.82, 2.24) is 15.1 Å². The SMILES string of the molecule is CCCNC(=O)[C@@H](CC)N(Cc1ccc(Cl)c(Cl)c1)C(=O)CCCN1C(=O)c2ccccc2C1=O. The molecule has 1 N–H and O–H groups in total. The van der Waals surface area contributed by atoms with Gasteiger partial charge in [-0.1, -0.05) is 55.2 Å². The lowest BCUT2D eigenvalue weighted by Gasteiger charge is -2.31. The minimum Gasteiger partial charge on any atom is -0.354 e. The molecule has 0 bridgehead atoms. The lowest BCUT2D eigenvalue weighted by molar-refractivity contribution is -0.141. The van der Waals surface area contributed by atoms with Crippen molar-refractivity contribution >= 4 is 46.8 Å². The predicted molar refractivity (Wildman–Crippen MR) is 135 cm³/mol.